The monoisotopic (exact) mass is 386 g/mol. The van der Waals surface area contributed by atoms with Gasteiger partial charge in [0.2, 0.25) is 5.91 Å². The highest BCUT2D eigenvalue weighted by atomic mass is 32.1. The first-order valence-electron chi connectivity index (χ1n) is 9.45. The van der Waals surface area contributed by atoms with Crippen molar-refractivity contribution >= 4 is 28.9 Å². The van der Waals surface area contributed by atoms with Gasteiger partial charge in [-0.05, 0) is 50.4 Å². The van der Waals surface area contributed by atoms with Gasteiger partial charge in [-0.1, -0.05) is 37.3 Å². The molecule has 1 aliphatic heterocycles. The largest absolute Gasteiger partial charge is 0.462 e. The van der Waals surface area contributed by atoms with Gasteiger partial charge in [-0.3, -0.25) is 9.69 Å². The third-order valence-electron chi connectivity index (χ3n) is 4.77. The fourth-order valence-corrected chi connectivity index (χ4v) is 4.20. The van der Waals surface area contributed by atoms with Crippen LogP contribution in [0.1, 0.15) is 36.4 Å². The van der Waals surface area contributed by atoms with E-state index in [0.717, 1.165) is 42.3 Å². The molecule has 1 fully saturated rings. The van der Waals surface area contributed by atoms with Crippen molar-refractivity contribution in [2.45, 2.75) is 26.7 Å². The minimum absolute atomic E-state index is 0.0903. The number of likely N-dealkylation sites (tertiary alicyclic amines) is 1. The van der Waals surface area contributed by atoms with Crippen molar-refractivity contribution in [1.82, 2.24) is 4.90 Å². The number of amides is 1. The maximum Gasteiger partial charge on any atom is 0.350 e. The Labute approximate surface area is 164 Å². The van der Waals surface area contributed by atoms with Gasteiger partial charge in [-0.2, -0.15) is 0 Å². The topological polar surface area (TPSA) is 58.6 Å². The maximum atomic E-state index is 12.5. The first-order chi connectivity index (χ1) is 13.1. The predicted molar refractivity (Wildman–Crippen MR) is 109 cm³/mol. The number of hydrogen-bond acceptors (Lipinski definition) is 5. The van der Waals surface area contributed by atoms with Crippen molar-refractivity contribution in [2.24, 2.45) is 5.92 Å². The quantitative estimate of drug-likeness (QED) is 0.754. The Hall–Kier alpha value is -2.18. The van der Waals surface area contributed by atoms with E-state index in [4.69, 9.17) is 4.74 Å². The van der Waals surface area contributed by atoms with E-state index < -0.39 is 5.97 Å². The Morgan fingerprint density at radius 2 is 1.93 bits per heavy atom. The summed E-state index contributed by atoms with van der Waals surface area (Å²) in [5.74, 6) is 0.240. The number of carbonyl (C=O) groups excluding carboxylic acids is 2. The van der Waals surface area contributed by atoms with Gasteiger partial charge in [0.1, 0.15) is 4.88 Å². The Morgan fingerprint density at radius 1 is 1.22 bits per heavy atom. The summed E-state index contributed by atoms with van der Waals surface area (Å²) in [5, 5.41) is 2.93. The number of nitrogens with zero attached hydrogens (tertiary/aromatic N) is 1. The standard InChI is InChI=1S/C21H26N2O3S/c1-3-26-21(25)20-17(13-18(27-20)16-7-5-4-6-8-16)22-19(24)14-23-11-9-15(2)10-12-23/h4-8,13,15H,3,9-12,14H2,1-2H3,(H,22,24). The summed E-state index contributed by atoms with van der Waals surface area (Å²) in [6.07, 6.45) is 2.25. The second-order valence-electron chi connectivity index (χ2n) is 6.95. The number of piperidine rings is 1. The minimum atomic E-state index is -0.397. The molecule has 1 N–H and O–H groups in total. The van der Waals surface area contributed by atoms with Gasteiger partial charge in [-0.25, -0.2) is 4.79 Å². The van der Waals surface area contributed by atoms with Crippen LogP contribution in [0.15, 0.2) is 36.4 Å². The summed E-state index contributed by atoms with van der Waals surface area (Å²) in [6, 6.07) is 11.7. The molecule has 6 heteroatoms. The molecule has 1 aromatic heterocycles. The molecule has 0 atom stereocenters. The van der Waals surface area contributed by atoms with Crippen molar-refractivity contribution in [3.05, 3.63) is 41.3 Å². The molecule has 0 saturated carbocycles. The van der Waals surface area contributed by atoms with Crippen LogP contribution in [0.3, 0.4) is 0 Å². The van der Waals surface area contributed by atoms with Crippen molar-refractivity contribution in [1.29, 1.82) is 0 Å². The minimum Gasteiger partial charge on any atom is -0.462 e. The van der Waals surface area contributed by atoms with Crippen LogP contribution in [0.4, 0.5) is 5.69 Å². The fourth-order valence-electron chi connectivity index (χ4n) is 3.19. The van der Waals surface area contributed by atoms with E-state index in [1.165, 1.54) is 11.3 Å². The summed E-state index contributed by atoms with van der Waals surface area (Å²) < 4.78 is 5.17. The van der Waals surface area contributed by atoms with Crippen molar-refractivity contribution in [3.63, 3.8) is 0 Å². The molecule has 1 aliphatic rings. The number of anilines is 1. The second kappa shape index (κ2) is 9.15. The fraction of sp³-hybridized carbons (Fsp3) is 0.429. The van der Waals surface area contributed by atoms with E-state index in [1.807, 2.05) is 36.4 Å². The molecule has 0 bridgehead atoms. The molecule has 0 spiro atoms. The van der Waals surface area contributed by atoms with Gasteiger partial charge in [0.25, 0.3) is 0 Å². The molecule has 2 heterocycles. The Morgan fingerprint density at radius 3 is 2.59 bits per heavy atom. The molecular weight excluding hydrogens is 360 g/mol. The molecule has 0 aliphatic carbocycles. The first kappa shape index (κ1) is 19.6. The van der Waals surface area contributed by atoms with Crippen LogP contribution in [0.5, 0.6) is 0 Å². The zero-order chi connectivity index (χ0) is 19.2. The van der Waals surface area contributed by atoms with Gasteiger partial charge in [-0.15, -0.1) is 11.3 Å². The van der Waals surface area contributed by atoms with Gasteiger partial charge < -0.3 is 10.1 Å². The summed E-state index contributed by atoms with van der Waals surface area (Å²) >= 11 is 1.35. The third kappa shape index (κ3) is 5.17. The van der Waals surface area contributed by atoms with Gasteiger partial charge in [0.05, 0.1) is 18.8 Å². The average molecular weight is 387 g/mol. The molecule has 144 valence electrons. The summed E-state index contributed by atoms with van der Waals surface area (Å²) in [7, 11) is 0. The van der Waals surface area contributed by atoms with Crippen molar-refractivity contribution in [2.75, 3.05) is 31.6 Å². The number of rotatable bonds is 6. The van der Waals surface area contributed by atoms with Gasteiger partial charge >= 0.3 is 5.97 Å². The van der Waals surface area contributed by atoms with E-state index in [2.05, 4.69) is 17.1 Å². The normalized spacial score (nSPS) is 15.5. The number of carbonyl (C=O) groups is 2. The van der Waals surface area contributed by atoms with E-state index in [1.54, 1.807) is 6.92 Å². The summed E-state index contributed by atoms with van der Waals surface area (Å²) in [4.78, 5) is 28.4. The van der Waals surface area contributed by atoms with Gasteiger partial charge in [0.15, 0.2) is 0 Å². The van der Waals surface area contributed by atoms with Crippen LogP contribution in [-0.2, 0) is 9.53 Å². The van der Waals surface area contributed by atoms with E-state index in [0.29, 0.717) is 23.7 Å². The second-order valence-corrected chi connectivity index (χ2v) is 8.00. The van der Waals surface area contributed by atoms with Crippen LogP contribution in [0.2, 0.25) is 0 Å². The van der Waals surface area contributed by atoms with Crippen LogP contribution in [0, 0.1) is 5.92 Å². The van der Waals surface area contributed by atoms with E-state index in [-0.39, 0.29) is 5.91 Å². The number of esters is 1. The number of nitrogens with one attached hydrogen (secondary N) is 1. The van der Waals surface area contributed by atoms with E-state index >= 15 is 0 Å². The molecule has 5 nitrogen and oxygen atoms in total. The highest BCUT2D eigenvalue weighted by Gasteiger charge is 2.22. The molecule has 3 rings (SSSR count). The lowest BCUT2D eigenvalue weighted by molar-refractivity contribution is -0.117. The predicted octanol–water partition coefficient (Wildman–Crippen LogP) is 4.26. The van der Waals surface area contributed by atoms with Crippen LogP contribution in [0.25, 0.3) is 10.4 Å². The molecule has 1 aromatic carbocycles. The molecular formula is C21H26N2O3S. The zero-order valence-corrected chi connectivity index (χ0v) is 16.7. The van der Waals surface area contributed by atoms with E-state index in [9.17, 15) is 9.59 Å². The first-order valence-corrected chi connectivity index (χ1v) is 10.3. The number of ether oxygens (including phenoxy) is 1. The lowest BCUT2D eigenvalue weighted by Gasteiger charge is -2.29. The highest BCUT2D eigenvalue weighted by Crippen LogP contribution is 2.35. The lowest BCUT2D eigenvalue weighted by atomic mass is 9.99. The third-order valence-corrected chi connectivity index (χ3v) is 5.93. The van der Waals surface area contributed by atoms with Gasteiger partial charge in [0, 0.05) is 4.88 Å². The maximum absolute atomic E-state index is 12.5. The highest BCUT2D eigenvalue weighted by molar-refractivity contribution is 7.18. The number of thiophene rings is 1. The van der Waals surface area contributed by atoms with Crippen LogP contribution < -0.4 is 5.32 Å². The molecule has 1 amide bonds. The SMILES string of the molecule is CCOC(=O)c1sc(-c2ccccc2)cc1NC(=O)CN1CCC(C)CC1. The van der Waals surface area contributed by atoms with Crippen molar-refractivity contribution < 1.29 is 14.3 Å². The molecule has 0 unspecified atom stereocenters. The smallest absolute Gasteiger partial charge is 0.350 e. The number of benzene rings is 1. The number of hydrogen-bond donors (Lipinski definition) is 1. The van der Waals surface area contributed by atoms with Crippen molar-refractivity contribution in [3.8, 4) is 10.4 Å². The molecule has 27 heavy (non-hydrogen) atoms. The van der Waals surface area contributed by atoms with Crippen LogP contribution in [-0.4, -0.2) is 43.0 Å². The average Bonchev–Trinajstić information content (AvgIpc) is 3.08. The molecule has 2 aromatic rings. The van der Waals surface area contributed by atoms with Crippen LogP contribution >= 0.6 is 11.3 Å². The summed E-state index contributed by atoms with van der Waals surface area (Å²) in [5.41, 5.74) is 1.55. The summed E-state index contributed by atoms with van der Waals surface area (Å²) in [6.45, 7) is 6.57. The Bertz CT molecular complexity index is 780. The lowest BCUT2D eigenvalue weighted by Crippen LogP contribution is -2.38. The Balaban J connectivity index is 1.75. The molecule has 0 radical (unpaired) electrons. The zero-order valence-electron chi connectivity index (χ0n) is 15.9. The Kier molecular flexibility index (Phi) is 6.63. The molecule has 1 saturated heterocycles.